The first-order valence-corrected chi connectivity index (χ1v) is 6.66. The van der Waals surface area contributed by atoms with Gasteiger partial charge in [-0.05, 0) is 12.1 Å². The predicted octanol–water partition coefficient (Wildman–Crippen LogP) is 0.642. The van der Waals surface area contributed by atoms with E-state index < -0.39 is 33.2 Å². The quantitative estimate of drug-likeness (QED) is 0.838. The van der Waals surface area contributed by atoms with Crippen LogP contribution in [0.25, 0.3) is 0 Å². The molecule has 1 aliphatic heterocycles. The SMILES string of the molecule is O=C(O)c1ccnc(NC2C=CS(=O)(=O)C2)c1F. The lowest BCUT2D eigenvalue weighted by molar-refractivity contribution is 0.0692. The van der Waals surface area contributed by atoms with E-state index in [1.54, 1.807) is 0 Å². The molecule has 0 radical (unpaired) electrons. The average molecular weight is 272 g/mol. The van der Waals surface area contributed by atoms with Crippen LogP contribution in [0.1, 0.15) is 10.4 Å². The van der Waals surface area contributed by atoms with Crippen LogP contribution in [-0.2, 0) is 9.84 Å². The highest BCUT2D eigenvalue weighted by atomic mass is 32.2. The van der Waals surface area contributed by atoms with Crippen LogP contribution in [0, 0.1) is 5.82 Å². The molecule has 6 nitrogen and oxygen atoms in total. The maximum absolute atomic E-state index is 13.7. The van der Waals surface area contributed by atoms with Crippen molar-refractivity contribution < 1.29 is 22.7 Å². The number of hydrogen-bond acceptors (Lipinski definition) is 5. The maximum Gasteiger partial charge on any atom is 0.338 e. The fourth-order valence-electron chi connectivity index (χ4n) is 1.55. The molecule has 2 heterocycles. The van der Waals surface area contributed by atoms with Crippen molar-refractivity contribution in [3.63, 3.8) is 0 Å². The summed E-state index contributed by atoms with van der Waals surface area (Å²) in [5, 5.41) is 12.3. The van der Waals surface area contributed by atoms with E-state index in [1.807, 2.05) is 0 Å². The average Bonchev–Trinajstić information content (AvgIpc) is 2.61. The first-order chi connectivity index (χ1) is 8.39. The predicted molar refractivity (Wildman–Crippen MR) is 61.5 cm³/mol. The second-order valence-corrected chi connectivity index (χ2v) is 5.67. The molecule has 1 aromatic heterocycles. The van der Waals surface area contributed by atoms with E-state index in [-0.39, 0.29) is 11.6 Å². The van der Waals surface area contributed by atoms with Crippen molar-refractivity contribution in [1.29, 1.82) is 0 Å². The minimum atomic E-state index is -3.26. The van der Waals surface area contributed by atoms with Gasteiger partial charge in [-0.1, -0.05) is 0 Å². The summed E-state index contributed by atoms with van der Waals surface area (Å²) in [7, 11) is -3.26. The van der Waals surface area contributed by atoms with E-state index >= 15 is 0 Å². The van der Waals surface area contributed by atoms with Crippen molar-refractivity contribution in [2.45, 2.75) is 6.04 Å². The molecule has 1 aliphatic rings. The van der Waals surface area contributed by atoms with Gasteiger partial charge in [-0.15, -0.1) is 0 Å². The number of anilines is 1. The number of carboxylic acids is 1. The molecule has 96 valence electrons. The number of sulfone groups is 1. The molecule has 2 N–H and O–H groups in total. The van der Waals surface area contributed by atoms with Gasteiger partial charge in [0.05, 0.1) is 11.8 Å². The van der Waals surface area contributed by atoms with Crippen molar-refractivity contribution in [3.8, 4) is 0 Å². The minimum absolute atomic E-state index is 0.203. The molecular weight excluding hydrogens is 263 g/mol. The maximum atomic E-state index is 13.7. The molecule has 2 rings (SSSR count). The monoisotopic (exact) mass is 272 g/mol. The molecule has 0 amide bonds. The van der Waals surface area contributed by atoms with E-state index in [4.69, 9.17) is 5.11 Å². The van der Waals surface area contributed by atoms with Crippen molar-refractivity contribution in [2.75, 3.05) is 11.1 Å². The largest absolute Gasteiger partial charge is 0.478 e. The molecule has 1 aromatic rings. The molecule has 1 atom stereocenters. The Bertz CT molecular complexity index is 627. The van der Waals surface area contributed by atoms with Gasteiger partial charge < -0.3 is 10.4 Å². The highest BCUT2D eigenvalue weighted by Crippen LogP contribution is 2.18. The van der Waals surface area contributed by atoms with Gasteiger partial charge in [0.15, 0.2) is 21.5 Å². The lowest BCUT2D eigenvalue weighted by Gasteiger charge is -2.11. The second kappa shape index (κ2) is 4.37. The van der Waals surface area contributed by atoms with Crippen molar-refractivity contribution in [3.05, 3.63) is 35.1 Å². The summed E-state index contributed by atoms with van der Waals surface area (Å²) in [4.78, 5) is 14.4. The molecule has 8 heteroatoms. The number of nitrogens with zero attached hydrogens (tertiary/aromatic N) is 1. The summed E-state index contributed by atoms with van der Waals surface area (Å²) in [6, 6.07) is 0.422. The lowest BCUT2D eigenvalue weighted by Crippen LogP contribution is -2.22. The summed E-state index contributed by atoms with van der Waals surface area (Å²) in [6.45, 7) is 0. The van der Waals surface area contributed by atoms with Crippen LogP contribution >= 0.6 is 0 Å². The zero-order valence-corrected chi connectivity index (χ0v) is 9.82. The van der Waals surface area contributed by atoms with Gasteiger partial charge in [0, 0.05) is 11.6 Å². The number of nitrogens with one attached hydrogen (secondary N) is 1. The third-order valence-corrected chi connectivity index (χ3v) is 3.77. The van der Waals surface area contributed by atoms with E-state index in [2.05, 4.69) is 10.3 Å². The Morgan fingerprint density at radius 3 is 2.83 bits per heavy atom. The van der Waals surface area contributed by atoms with Gasteiger partial charge in [0.25, 0.3) is 0 Å². The molecule has 0 aromatic carbocycles. The molecule has 0 bridgehead atoms. The molecule has 18 heavy (non-hydrogen) atoms. The van der Waals surface area contributed by atoms with Crippen LogP contribution < -0.4 is 5.32 Å². The molecule has 1 unspecified atom stereocenters. The van der Waals surface area contributed by atoms with Crippen LogP contribution in [0.15, 0.2) is 23.7 Å². The summed E-state index contributed by atoms with van der Waals surface area (Å²) in [6.07, 6.45) is 2.51. The number of rotatable bonds is 3. The van der Waals surface area contributed by atoms with Gasteiger partial charge >= 0.3 is 5.97 Å². The van der Waals surface area contributed by atoms with Crippen molar-refractivity contribution in [2.24, 2.45) is 0 Å². The summed E-state index contributed by atoms with van der Waals surface area (Å²) in [5.74, 6) is -2.90. The van der Waals surface area contributed by atoms with Crippen LogP contribution in [0.3, 0.4) is 0 Å². The highest BCUT2D eigenvalue weighted by molar-refractivity contribution is 7.94. The van der Waals surface area contributed by atoms with Crippen LogP contribution in [0.5, 0.6) is 0 Å². The second-order valence-electron chi connectivity index (χ2n) is 3.74. The Labute approximate surface area is 102 Å². The topological polar surface area (TPSA) is 96.4 Å². The Morgan fingerprint density at radius 2 is 2.28 bits per heavy atom. The molecule has 0 saturated carbocycles. The normalized spacial score (nSPS) is 20.8. The highest BCUT2D eigenvalue weighted by Gasteiger charge is 2.24. The standard InChI is InChI=1S/C10H9FN2O4S/c11-8-7(10(14)15)1-3-12-9(8)13-6-2-4-18(16,17)5-6/h1-4,6H,5H2,(H,12,13)(H,14,15). The van der Waals surface area contributed by atoms with Gasteiger partial charge in [0.2, 0.25) is 0 Å². The number of aromatic carboxylic acids is 1. The zero-order chi connectivity index (χ0) is 13.3. The Kier molecular flexibility index (Phi) is 3.04. The fraction of sp³-hybridized carbons (Fsp3) is 0.200. The van der Waals surface area contributed by atoms with E-state index in [0.717, 1.165) is 17.7 Å². The lowest BCUT2D eigenvalue weighted by atomic mass is 10.2. The first kappa shape index (κ1) is 12.5. The third-order valence-electron chi connectivity index (χ3n) is 2.37. The van der Waals surface area contributed by atoms with Crippen molar-refractivity contribution in [1.82, 2.24) is 4.98 Å². The summed E-state index contributed by atoms with van der Waals surface area (Å²) < 4.78 is 36.0. The number of aromatic nitrogens is 1. The van der Waals surface area contributed by atoms with Gasteiger partial charge in [-0.2, -0.15) is 0 Å². The van der Waals surface area contributed by atoms with E-state index in [0.29, 0.717) is 0 Å². The smallest absolute Gasteiger partial charge is 0.338 e. The molecule has 0 aliphatic carbocycles. The molecule has 0 fully saturated rings. The third kappa shape index (κ3) is 2.48. The number of halogens is 1. The Balaban J connectivity index is 2.24. The summed E-state index contributed by atoms with van der Waals surface area (Å²) >= 11 is 0. The molecule has 0 saturated heterocycles. The van der Waals surface area contributed by atoms with Gasteiger partial charge in [-0.25, -0.2) is 22.6 Å². The van der Waals surface area contributed by atoms with Crippen LogP contribution in [0.2, 0.25) is 0 Å². The fourth-order valence-corrected chi connectivity index (χ4v) is 2.79. The van der Waals surface area contributed by atoms with Crippen LogP contribution in [0.4, 0.5) is 10.2 Å². The van der Waals surface area contributed by atoms with Crippen molar-refractivity contribution >= 4 is 21.6 Å². The summed E-state index contributed by atoms with van der Waals surface area (Å²) in [5.41, 5.74) is -0.516. The Hall–Kier alpha value is -1.96. The number of carbonyl (C=O) groups is 1. The number of carboxylic acid groups (broad SMARTS) is 1. The van der Waals surface area contributed by atoms with E-state index in [1.165, 1.54) is 6.08 Å². The minimum Gasteiger partial charge on any atom is -0.478 e. The van der Waals surface area contributed by atoms with Gasteiger partial charge in [0.1, 0.15) is 5.56 Å². The van der Waals surface area contributed by atoms with Gasteiger partial charge in [-0.3, -0.25) is 0 Å². The zero-order valence-electron chi connectivity index (χ0n) is 9.00. The number of pyridine rings is 1. The molecular formula is C10H9FN2O4S. The Morgan fingerprint density at radius 1 is 1.56 bits per heavy atom. The van der Waals surface area contributed by atoms with E-state index in [9.17, 15) is 17.6 Å². The first-order valence-electron chi connectivity index (χ1n) is 4.94. The number of hydrogen-bond donors (Lipinski definition) is 2. The molecule has 0 spiro atoms. The van der Waals surface area contributed by atoms with Crippen LogP contribution in [-0.4, -0.2) is 36.3 Å².